The van der Waals surface area contributed by atoms with Crippen molar-refractivity contribution in [2.24, 2.45) is 0 Å². The summed E-state index contributed by atoms with van der Waals surface area (Å²) in [6.45, 7) is 4.27. The van der Waals surface area contributed by atoms with E-state index in [1.165, 1.54) is 0 Å². The number of urea groups is 1. The van der Waals surface area contributed by atoms with Gasteiger partial charge < -0.3 is 21.1 Å². The minimum Gasteiger partial charge on any atom is -0.395 e. The first-order chi connectivity index (χ1) is 12.0. The minimum absolute atomic E-state index is 0.0337. The SMILES string of the molecule is CSc1cnc(-c2ccc(NC(=O)NC(C)C)cc2)nc1NCCO. The fourth-order valence-corrected chi connectivity index (χ4v) is 2.56. The lowest BCUT2D eigenvalue weighted by molar-refractivity contribution is 0.250. The van der Waals surface area contributed by atoms with Crippen molar-refractivity contribution < 1.29 is 9.90 Å². The summed E-state index contributed by atoms with van der Waals surface area (Å²) in [4.78, 5) is 21.5. The van der Waals surface area contributed by atoms with Crippen molar-refractivity contribution >= 4 is 29.3 Å². The number of thioether (sulfide) groups is 1. The number of hydrogen-bond donors (Lipinski definition) is 4. The molecule has 0 atom stereocenters. The first-order valence-electron chi connectivity index (χ1n) is 7.97. The van der Waals surface area contributed by atoms with Crippen LogP contribution in [-0.2, 0) is 0 Å². The Kier molecular flexibility index (Phi) is 7.03. The number of nitrogens with one attached hydrogen (secondary N) is 3. The van der Waals surface area contributed by atoms with Gasteiger partial charge in [-0.05, 0) is 44.4 Å². The van der Waals surface area contributed by atoms with Crippen LogP contribution in [0.4, 0.5) is 16.3 Å². The van der Waals surface area contributed by atoms with E-state index in [4.69, 9.17) is 5.11 Å². The Morgan fingerprint density at radius 2 is 2.00 bits per heavy atom. The molecule has 7 nitrogen and oxygen atoms in total. The van der Waals surface area contributed by atoms with E-state index >= 15 is 0 Å². The van der Waals surface area contributed by atoms with Gasteiger partial charge in [0.1, 0.15) is 5.82 Å². The molecule has 2 aromatic rings. The largest absolute Gasteiger partial charge is 0.395 e. The number of amides is 2. The van der Waals surface area contributed by atoms with E-state index in [0.29, 0.717) is 23.9 Å². The number of carbonyl (C=O) groups is 1. The first kappa shape index (κ1) is 19.0. The van der Waals surface area contributed by atoms with Gasteiger partial charge >= 0.3 is 6.03 Å². The summed E-state index contributed by atoms with van der Waals surface area (Å²) in [5.41, 5.74) is 1.54. The summed E-state index contributed by atoms with van der Waals surface area (Å²) in [7, 11) is 0. The average Bonchev–Trinajstić information content (AvgIpc) is 2.59. The van der Waals surface area contributed by atoms with Crippen LogP contribution < -0.4 is 16.0 Å². The summed E-state index contributed by atoms with van der Waals surface area (Å²) in [5.74, 6) is 1.28. The third kappa shape index (κ3) is 5.61. The predicted octanol–water partition coefficient (Wildman–Crippen LogP) is 2.80. The van der Waals surface area contributed by atoms with E-state index in [2.05, 4.69) is 25.9 Å². The van der Waals surface area contributed by atoms with Crippen molar-refractivity contribution in [1.82, 2.24) is 15.3 Å². The number of aliphatic hydroxyl groups excluding tert-OH is 1. The number of rotatable bonds is 7. The molecule has 0 saturated carbocycles. The molecule has 0 aliphatic heterocycles. The second kappa shape index (κ2) is 9.24. The maximum atomic E-state index is 11.7. The Bertz CT molecular complexity index is 707. The maximum Gasteiger partial charge on any atom is 0.319 e. The molecular weight excluding hydrogens is 338 g/mol. The number of carbonyl (C=O) groups excluding carboxylic acids is 1. The summed E-state index contributed by atoms with van der Waals surface area (Å²) in [5, 5.41) is 17.6. The van der Waals surface area contributed by atoms with Crippen LogP contribution in [0.3, 0.4) is 0 Å². The molecule has 2 amide bonds. The van der Waals surface area contributed by atoms with E-state index in [-0.39, 0.29) is 18.7 Å². The van der Waals surface area contributed by atoms with Crippen molar-refractivity contribution in [1.29, 1.82) is 0 Å². The number of benzene rings is 1. The van der Waals surface area contributed by atoms with Crippen LogP contribution in [0.15, 0.2) is 35.4 Å². The van der Waals surface area contributed by atoms with E-state index < -0.39 is 0 Å². The number of anilines is 2. The lowest BCUT2D eigenvalue weighted by atomic mass is 10.2. The summed E-state index contributed by atoms with van der Waals surface area (Å²) >= 11 is 1.54. The van der Waals surface area contributed by atoms with Gasteiger partial charge in [0.25, 0.3) is 0 Å². The van der Waals surface area contributed by atoms with Gasteiger partial charge in [-0.15, -0.1) is 11.8 Å². The highest BCUT2D eigenvalue weighted by Crippen LogP contribution is 2.26. The normalized spacial score (nSPS) is 10.6. The molecule has 1 heterocycles. The molecule has 0 aliphatic rings. The van der Waals surface area contributed by atoms with Crippen molar-refractivity contribution in [2.45, 2.75) is 24.8 Å². The molecule has 0 fully saturated rings. The third-order valence-electron chi connectivity index (χ3n) is 3.20. The number of aromatic nitrogens is 2. The van der Waals surface area contributed by atoms with E-state index in [1.54, 1.807) is 18.0 Å². The van der Waals surface area contributed by atoms with Crippen LogP contribution >= 0.6 is 11.8 Å². The molecule has 0 aliphatic carbocycles. The van der Waals surface area contributed by atoms with Crippen molar-refractivity contribution in [3.63, 3.8) is 0 Å². The maximum absolute atomic E-state index is 11.7. The number of hydrogen-bond acceptors (Lipinski definition) is 6. The first-order valence-corrected chi connectivity index (χ1v) is 9.19. The standard InChI is InChI=1S/C17H23N5O2S/c1-11(2)20-17(24)21-13-6-4-12(5-7-13)15-19-10-14(25-3)16(22-15)18-8-9-23/h4-7,10-11,23H,8-9H2,1-3H3,(H,18,19,22)(H2,20,21,24). The van der Waals surface area contributed by atoms with Gasteiger partial charge in [0.2, 0.25) is 0 Å². The van der Waals surface area contributed by atoms with Gasteiger partial charge in [-0.3, -0.25) is 0 Å². The smallest absolute Gasteiger partial charge is 0.319 e. The van der Waals surface area contributed by atoms with E-state index in [1.807, 2.05) is 44.4 Å². The molecule has 0 spiro atoms. The van der Waals surface area contributed by atoms with Crippen LogP contribution in [0.2, 0.25) is 0 Å². The molecule has 134 valence electrons. The van der Waals surface area contributed by atoms with Crippen LogP contribution in [0, 0.1) is 0 Å². The second-order valence-corrected chi connectivity index (χ2v) is 6.44. The quantitative estimate of drug-likeness (QED) is 0.566. The summed E-state index contributed by atoms with van der Waals surface area (Å²) < 4.78 is 0. The van der Waals surface area contributed by atoms with Crippen LogP contribution in [0.1, 0.15) is 13.8 Å². The Labute approximate surface area is 151 Å². The summed E-state index contributed by atoms with van der Waals surface area (Å²) in [6, 6.07) is 7.17. The average molecular weight is 361 g/mol. The van der Waals surface area contributed by atoms with Crippen LogP contribution in [0.25, 0.3) is 11.4 Å². The van der Waals surface area contributed by atoms with E-state index in [0.717, 1.165) is 10.5 Å². The molecule has 25 heavy (non-hydrogen) atoms. The Hall–Kier alpha value is -2.32. The van der Waals surface area contributed by atoms with Gasteiger partial charge in [0.15, 0.2) is 5.82 Å². The zero-order valence-corrected chi connectivity index (χ0v) is 15.4. The molecule has 1 aromatic carbocycles. The molecule has 8 heteroatoms. The Morgan fingerprint density at radius 3 is 2.60 bits per heavy atom. The number of nitrogens with zero attached hydrogens (tertiary/aromatic N) is 2. The Morgan fingerprint density at radius 1 is 1.28 bits per heavy atom. The van der Waals surface area contributed by atoms with Crippen molar-refractivity contribution in [3.05, 3.63) is 30.5 Å². The van der Waals surface area contributed by atoms with Gasteiger partial charge in [-0.1, -0.05) is 0 Å². The molecule has 1 aromatic heterocycles. The molecule has 0 saturated heterocycles. The highest BCUT2D eigenvalue weighted by molar-refractivity contribution is 7.98. The second-order valence-electron chi connectivity index (χ2n) is 5.59. The highest BCUT2D eigenvalue weighted by atomic mass is 32.2. The van der Waals surface area contributed by atoms with Gasteiger partial charge in [0, 0.05) is 30.0 Å². The number of aliphatic hydroxyl groups is 1. The highest BCUT2D eigenvalue weighted by Gasteiger charge is 2.09. The van der Waals surface area contributed by atoms with Crippen molar-refractivity contribution in [3.8, 4) is 11.4 Å². The predicted molar refractivity (Wildman–Crippen MR) is 102 cm³/mol. The molecule has 0 radical (unpaired) electrons. The zero-order chi connectivity index (χ0) is 18.2. The Balaban J connectivity index is 2.14. The van der Waals surface area contributed by atoms with Crippen LogP contribution in [-0.4, -0.2) is 46.6 Å². The lowest BCUT2D eigenvalue weighted by Gasteiger charge is -2.11. The monoisotopic (exact) mass is 361 g/mol. The third-order valence-corrected chi connectivity index (χ3v) is 3.94. The lowest BCUT2D eigenvalue weighted by Crippen LogP contribution is -2.34. The molecule has 2 rings (SSSR count). The van der Waals surface area contributed by atoms with Crippen LogP contribution in [0.5, 0.6) is 0 Å². The fourth-order valence-electron chi connectivity index (χ4n) is 2.09. The molecule has 4 N–H and O–H groups in total. The topological polar surface area (TPSA) is 99.2 Å². The van der Waals surface area contributed by atoms with E-state index in [9.17, 15) is 4.79 Å². The molecule has 0 bridgehead atoms. The fraction of sp³-hybridized carbons (Fsp3) is 0.353. The van der Waals surface area contributed by atoms with Gasteiger partial charge in [-0.25, -0.2) is 14.8 Å². The van der Waals surface area contributed by atoms with Crippen molar-refractivity contribution in [2.75, 3.05) is 30.0 Å². The minimum atomic E-state index is -0.237. The molecule has 0 unspecified atom stereocenters. The molecular formula is C17H23N5O2S. The van der Waals surface area contributed by atoms with Gasteiger partial charge in [-0.2, -0.15) is 0 Å². The zero-order valence-electron chi connectivity index (χ0n) is 14.5. The van der Waals surface area contributed by atoms with Gasteiger partial charge in [0.05, 0.1) is 11.5 Å². The summed E-state index contributed by atoms with van der Waals surface area (Å²) in [6.07, 6.45) is 3.71.